The smallest absolute Gasteiger partial charge is 0.133 e. The molecule has 4 nitrogen and oxygen atoms in total. The van der Waals surface area contributed by atoms with Crippen LogP contribution in [0.1, 0.15) is 50.2 Å². The minimum atomic E-state index is 0.238. The average Bonchev–Trinajstić information content (AvgIpc) is 2.70. The molecule has 1 aliphatic rings. The van der Waals surface area contributed by atoms with Gasteiger partial charge in [-0.1, -0.05) is 19.3 Å². The highest BCUT2D eigenvalue weighted by atomic mass is 16.2. The third-order valence-corrected chi connectivity index (χ3v) is 3.24. The molecule has 0 amide bonds. The largest absolute Gasteiger partial charge is 0.396 e. The van der Waals surface area contributed by atoms with E-state index in [1.165, 1.54) is 32.1 Å². The molecule has 0 atom stereocenters. The Hall–Kier alpha value is -0.900. The molecule has 1 aromatic heterocycles. The summed E-state index contributed by atoms with van der Waals surface area (Å²) in [4.78, 5) is 0. The van der Waals surface area contributed by atoms with E-state index in [9.17, 15) is 0 Å². The highest BCUT2D eigenvalue weighted by Crippen LogP contribution is 2.15. The molecule has 0 fully saturated rings. The Kier molecular flexibility index (Phi) is 4.34. The Morgan fingerprint density at radius 3 is 2.75 bits per heavy atom. The topological polar surface area (TPSA) is 50.9 Å². The second-order valence-electron chi connectivity index (χ2n) is 4.53. The molecular weight excluding hydrogens is 202 g/mol. The van der Waals surface area contributed by atoms with Gasteiger partial charge in [-0.25, -0.2) is 0 Å². The first-order valence-electron chi connectivity index (χ1n) is 6.43. The van der Waals surface area contributed by atoms with E-state index >= 15 is 0 Å². The number of aryl methyl sites for hydroxylation is 2. The molecule has 1 aliphatic heterocycles. The van der Waals surface area contributed by atoms with E-state index in [1.807, 2.05) is 0 Å². The Balaban J connectivity index is 2.09. The lowest BCUT2D eigenvalue weighted by molar-refractivity contribution is 0.286. The number of aromatic nitrogens is 3. The van der Waals surface area contributed by atoms with Crippen LogP contribution in [0.2, 0.25) is 0 Å². The van der Waals surface area contributed by atoms with Crippen molar-refractivity contribution in [2.24, 2.45) is 0 Å². The summed E-state index contributed by atoms with van der Waals surface area (Å²) in [6, 6.07) is 0. The highest BCUT2D eigenvalue weighted by Gasteiger charge is 2.12. The molecule has 0 radical (unpaired) electrons. The van der Waals surface area contributed by atoms with Crippen LogP contribution < -0.4 is 0 Å². The SMILES string of the molecule is OCCCc1nnc2n1CCCCCCC2. The number of fused-ring (bicyclic) bond motifs is 1. The predicted molar refractivity (Wildman–Crippen MR) is 62.2 cm³/mol. The second-order valence-corrected chi connectivity index (χ2v) is 4.53. The lowest BCUT2D eigenvalue weighted by Crippen LogP contribution is -2.08. The number of rotatable bonds is 3. The molecular formula is C12H21N3O. The summed E-state index contributed by atoms with van der Waals surface area (Å²) >= 11 is 0. The quantitative estimate of drug-likeness (QED) is 0.848. The van der Waals surface area contributed by atoms with Crippen molar-refractivity contribution in [3.8, 4) is 0 Å². The zero-order valence-electron chi connectivity index (χ0n) is 9.86. The minimum Gasteiger partial charge on any atom is -0.396 e. The van der Waals surface area contributed by atoms with E-state index in [0.717, 1.165) is 37.5 Å². The van der Waals surface area contributed by atoms with Crippen molar-refractivity contribution in [3.05, 3.63) is 11.6 Å². The van der Waals surface area contributed by atoms with Crippen LogP contribution in [0.25, 0.3) is 0 Å². The Morgan fingerprint density at radius 1 is 1.06 bits per heavy atom. The van der Waals surface area contributed by atoms with Crippen LogP contribution in [0.4, 0.5) is 0 Å². The van der Waals surface area contributed by atoms with E-state index in [1.54, 1.807) is 0 Å². The van der Waals surface area contributed by atoms with Crippen LogP contribution in [-0.2, 0) is 19.4 Å². The Bertz CT molecular complexity index is 322. The molecule has 0 unspecified atom stereocenters. The highest BCUT2D eigenvalue weighted by molar-refractivity contribution is 4.97. The Labute approximate surface area is 96.7 Å². The molecule has 4 heteroatoms. The summed E-state index contributed by atoms with van der Waals surface area (Å²) in [5.74, 6) is 2.21. The molecule has 0 saturated carbocycles. The molecule has 2 rings (SSSR count). The first kappa shape index (κ1) is 11.6. The molecule has 1 aromatic rings. The van der Waals surface area contributed by atoms with Gasteiger partial charge in [-0.15, -0.1) is 10.2 Å². The number of hydrogen-bond acceptors (Lipinski definition) is 3. The maximum absolute atomic E-state index is 8.86. The average molecular weight is 223 g/mol. The van der Waals surface area contributed by atoms with E-state index in [2.05, 4.69) is 14.8 Å². The van der Waals surface area contributed by atoms with Gasteiger partial charge in [0.1, 0.15) is 11.6 Å². The van der Waals surface area contributed by atoms with Crippen LogP contribution >= 0.6 is 0 Å². The molecule has 2 heterocycles. The molecule has 16 heavy (non-hydrogen) atoms. The molecule has 1 N–H and O–H groups in total. The van der Waals surface area contributed by atoms with Gasteiger partial charge in [0, 0.05) is 26.0 Å². The third-order valence-electron chi connectivity index (χ3n) is 3.24. The van der Waals surface area contributed by atoms with Gasteiger partial charge in [-0.05, 0) is 19.3 Å². The van der Waals surface area contributed by atoms with E-state index in [-0.39, 0.29) is 6.61 Å². The van der Waals surface area contributed by atoms with Crippen LogP contribution in [0.15, 0.2) is 0 Å². The molecule has 0 saturated heterocycles. The van der Waals surface area contributed by atoms with Crippen LogP contribution in [0.5, 0.6) is 0 Å². The standard InChI is InChI=1S/C12H21N3O/c16-10-6-8-12-14-13-11-7-4-2-1-3-5-9-15(11)12/h16H,1-10H2. The van der Waals surface area contributed by atoms with E-state index < -0.39 is 0 Å². The Morgan fingerprint density at radius 2 is 1.88 bits per heavy atom. The van der Waals surface area contributed by atoms with Crippen LogP contribution in [-0.4, -0.2) is 26.5 Å². The second kappa shape index (κ2) is 5.99. The summed E-state index contributed by atoms with van der Waals surface area (Å²) in [7, 11) is 0. The van der Waals surface area contributed by atoms with Gasteiger partial charge in [0.15, 0.2) is 0 Å². The normalized spacial score (nSPS) is 17.3. The molecule has 90 valence electrons. The van der Waals surface area contributed by atoms with Crippen molar-refractivity contribution in [1.82, 2.24) is 14.8 Å². The predicted octanol–water partition coefficient (Wildman–Crippen LogP) is 1.71. The van der Waals surface area contributed by atoms with Gasteiger partial charge in [0.25, 0.3) is 0 Å². The third kappa shape index (κ3) is 2.82. The summed E-state index contributed by atoms with van der Waals surface area (Å²) in [5.41, 5.74) is 0. The van der Waals surface area contributed by atoms with Crippen LogP contribution in [0.3, 0.4) is 0 Å². The molecule has 0 aromatic carbocycles. The number of aliphatic hydroxyl groups excluding tert-OH is 1. The van der Waals surface area contributed by atoms with Gasteiger partial charge < -0.3 is 9.67 Å². The van der Waals surface area contributed by atoms with Crippen molar-refractivity contribution in [2.75, 3.05) is 6.61 Å². The monoisotopic (exact) mass is 223 g/mol. The van der Waals surface area contributed by atoms with Gasteiger partial charge >= 0.3 is 0 Å². The fourth-order valence-corrected chi connectivity index (χ4v) is 2.32. The maximum atomic E-state index is 8.86. The van der Waals surface area contributed by atoms with Crippen molar-refractivity contribution in [2.45, 2.75) is 57.9 Å². The molecule has 0 spiro atoms. The van der Waals surface area contributed by atoms with Gasteiger partial charge in [0.2, 0.25) is 0 Å². The number of aliphatic hydroxyl groups is 1. The first-order valence-corrected chi connectivity index (χ1v) is 6.43. The van der Waals surface area contributed by atoms with E-state index in [4.69, 9.17) is 5.11 Å². The fourth-order valence-electron chi connectivity index (χ4n) is 2.32. The summed E-state index contributed by atoms with van der Waals surface area (Å²) in [6.45, 7) is 1.30. The van der Waals surface area contributed by atoms with Crippen LogP contribution in [0, 0.1) is 0 Å². The number of nitrogens with zero attached hydrogens (tertiary/aromatic N) is 3. The lowest BCUT2D eigenvalue weighted by Gasteiger charge is -2.08. The molecule has 0 aliphatic carbocycles. The number of hydrogen-bond donors (Lipinski definition) is 1. The molecule has 0 bridgehead atoms. The first-order chi connectivity index (χ1) is 7.92. The van der Waals surface area contributed by atoms with Crippen molar-refractivity contribution >= 4 is 0 Å². The summed E-state index contributed by atoms with van der Waals surface area (Å²) in [5, 5.41) is 17.4. The van der Waals surface area contributed by atoms with Crippen molar-refractivity contribution in [3.63, 3.8) is 0 Å². The summed E-state index contributed by atoms with van der Waals surface area (Å²) < 4.78 is 2.28. The lowest BCUT2D eigenvalue weighted by atomic mass is 10.1. The zero-order valence-corrected chi connectivity index (χ0v) is 9.86. The summed E-state index contributed by atoms with van der Waals surface area (Å²) in [6.07, 6.45) is 9.16. The van der Waals surface area contributed by atoms with Gasteiger partial charge in [-0.2, -0.15) is 0 Å². The van der Waals surface area contributed by atoms with E-state index in [0.29, 0.717) is 0 Å². The zero-order chi connectivity index (χ0) is 11.2. The van der Waals surface area contributed by atoms with Crippen molar-refractivity contribution in [1.29, 1.82) is 0 Å². The van der Waals surface area contributed by atoms with Gasteiger partial charge in [-0.3, -0.25) is 0 Å². The maximum Gasteiger partial charge on any atom is 0.133 e. The fraction of sp³-hybridized carbons (Fsp3) is 0.833. The minimum absolute atomic E-state index is 0.238. The van der Waals surface area contributed by atoms with Crippen molar-refractivity contribution < 1.29 is 5.11 Å². The van der Waals surface area contributed by atoms with Gasteiger partial charge in [0.05, 0.1) is 0 Å².